The van der Waals surface area contributed by atoms with Crippen molar-refractivity contribution >= 4 is 18.3 Å². The Hall–Kier alpha value is -1.13. The second-order valence-electron chi connectivity index (χ2n) is 4.00. The van der Waals surface area contributed by atoms with Crippen LogP contribution >= 0.6 is 12.4 Å². The van der Waals surface area contributed by atoms with Crippen LogP contribution < -0.4 is 10.6 Å². The summed E-state index contributed by atoms with van der Waals surface area (Å²) in [6.45, 7) is 1.76. The van der Waals surface area contributed by atoms with E-state index in [1.54, 1.807) is 12.1 Å². The number of nitrogens with one attached hydrogen (secondary N) is 2. The van der Waals surface area contributed by atoms with Gasteiger partial charge >= 0.3 is 0 Å². The molecule has 0 aromatic heterocycles. The molecule has 3 nitrogen and oxygen atoms in total. The number of hydrogen-bond acceptors (Lipinski definition) is 2. The van der Waals surface area contributed by atoms with Crippen LogP contribution in [0, 0.1) is 5.82 Å². The summed E-state index contributed by atoms with van der Waals surface area (Å²) in [4.78, 5) is 11.8. The van der Waals surface area contributed by atoms with Gasteiger partial charge in [-0.05, 0) is 31.5 Å². The molecule has 0 unspecified atom stereocenters. The minimum atomic E-state index is -0.469. The number of hydrogen-bond donors (Lipinski definition) is 2. The Morgan fingerprint density at radius 3 is 2.82 bits per heavy atom. The number of carbonyl (C=O) groups excluding carboxylic acids is 1. The summed E-state index contributed by atoms with van der Waals surface area (Å²) in [6, 6.07) is 6.15. The van der Waals surface area contributed by atoms with Gasteiger partial charge in [0.1, 0.15) is 5.82 Å². The van der Waals surface area contributed by atoms with Crippen molar-refractivity contribution in [2.45, 2.75) is 18.9 Å². The summed E-state index contributed by atoms with van der Waals surface area (Å²) in [5, 5.41) is 6.03. The normalized spacial score (nSPS) is 19.2. The first-order valence-corrected chi connectivity index (χ1v) is 5.53. The number of piperidine rings is 1. The van der Waals surface area contributed by atoms with Gasteiger partial charge in [-0.25, -0.2) is 4.39 Å². The van der Waals surface area contributed by atoms with Crippen LogP contribution in [0.1, 0.15) is 23.2 Å². The zero-order chi connectivity index (χ0) is 11.4. The number of amides is 1. The number of benzene rings is 1. The van der Waals surface area contributed by atoms with E-state index in [-0.39, 0.29) is 29.9 Å². The van der Waals surface area contributed by atoms with Crippen LogP contribution in [-0.4, -0.2) is 25.0 Å². The molecular formula is C12H16ClFN2O. The Bertz CT molecular complexity index is 381. The van der Waals surface area contributed by atoms with Crippen molar-refractivity contribution in [2.75, 3.05) is 13.1 Å². The lowest BCUT2D eigenvalue weighted by Crippen LogP contribution is -2.45. The molecular weight excluding hydrogens is 243 g/mol. The Labute approximate surface area is 106 Å². The molecule has 5 heteroatoms. The molecule has 1 aliphatic heterocycles. The van der Waals surface area contributed by atoms with Crippen LogP contribution in [0.3, 0.4) is 0 Å². The minimum Gasteiger partial charge on any atom is -0.348 e. The molecule has 94 valence electrons. The monoisotopic (exact) mass is 258 g/mol. The standard InChI is InChI=1S/C12H15FN2O.ClH/c13-11-6-2-1-5-10(11)12(16)15-9-4-3-7-14-8-9;/h1-2,5-6,9,14H,3-4,7-8H2,(H,15,16);1H/t9-;/m0./s1. The lowest BCUT2D eigenvalue weighted by Gasteiger charge is -2.23. The second kappa shape index (κ2) is 6.57. The van der Waals surface area contributed by atoms with Crippen molar-refractivity contribution in [3.63, 3.8) is 0 Å². The summed E-state index contributed by atoms with van der Waals surface area (Å²) in [5.41, 5.74) is 0.119. The van der Waals surface area contributed by atoms with Crippen LogP contribution in [0.15, 0.2) is 24.3 Å². The van der Waals surface area contributed by atoms with E-state index in [1.165, 1.54) is 12.1 Å². The minimum absolute atomic E-state index is 0. The molecule has 1 aromatic rings. The van der Waals surface area contributed by atoms with E-state index >= 15 is 0 Å². The van der Waals surface area contributed by atoms with Gasteiger partial charge in [0.05, 0.1) is 5.56 Å². The largest absolute Gasteiger partial charge is 0.348 e. The molecule has 1 heterocycles. The Kier molecular flexibility index (Phi) is 5.38. The first-order valence-electron chi connectivity index (χ1n) is 5.53. The molecule has 2 rings (SSSR count). The molecule has 1 aliphatic rings. The van der Waals surface area contributed by atoms with E-state index < -0.39 is 5.82 Å². The summed E-state index contributed by atoms with van der Waals surface area (Å²) < 4.78 is 13.3. The fourth-order valence-corrected chi connectivity index (χ4v) is 1.88. The van der Waals surface area contributed by atoms with Gasteiger partial charge in [0.25, 0.3) is 5.91 Å². The zero-order valence-electron chi connectivity index (χ0n) is 9.41. The van der Waals surface area contributed by atoms with E-state index in [1.807, 2.05) is 0 Å². The second-order valence-corrected chi connectivity index (χ2v) is 4.00. The van der Waals surface area contributed by atoms with E-state index in [2.05, 4.69) is 10.6 Å². The Morgan fingerprint density at radius 1 is 1.41 bits per heavy atom. The van der Waals surface area contributed by atoms with Gasteiger partial charge in [-0.15, -0.1) is 12.4 Å². The van der Waals surface area contributed by atoms with Gasteiger partial charge in [-0.3, -0.25) is 4.79 Å². The molecule has 1 fully saturated rings. The summed E-state index contributed by atoms with van der Waals surface area (Å²) in [7, 11) is 0. The molecule has 0 radical (unpaired) electrons. The third kappa shape index (κ3) is 3.68. The lowest BCUT2D eigenvalue weighted by molar-refractivity contribution is 0.0926. The summed E-state index contributed by atoms with van der Waals surface area (Å²) in [5.74, 6) is -0.796. The number of carbonyl (C=O) groups is 1. The molecule has 0 aliphatic carbocycles. The van der Waals surface area contributed by atoms with Gasteiger partial charge in [0.2, 0.25) is 0 Å². The van der Waals surface area contributed by atoms with E-state index in [0.29, 0.717) is 0 Å². The predicted octanol–water partition coefficient (Wildman–Crippen LogP) is 1.73. The smallest absolute Gasteiger partial charge is 0.254 e. The molecule has 0 saturated carbocycles. The van der Waals surface area contributed by atoms with E-state index in [0.717, 1.165) is 25.9 Å². The molecule has 0 spiro atoms. The van der Waals surface area contributed by atoms with Gasteiger partial charge in [-0.2, -0.15) is 0 Å². The van der Waals surface area contributed by atoms with Crippen molar-refractivity contribution < 1.29 is 9.18 Å². The average molecular weight is 259 g/mol. The van der Waals surface area contributed by atoms with Crippen LogP contribution in [0.4, 0.5) is 4.39 Å². The topological polar surface area (TPSA) is 41.1 Å². The van der Waals surface area contributed by atoms with Crippen molar-refractivity contribution in [3.05, 3.63) is 35.6 Å². The maximum Gasteiger partial charge on any atom is 0.254 e. The number of halogens is 2. The van der Waals surface area contributed by atoms with Crippen LogP contribution in [0.25, 0.3) is 0 Å². The molecule has 1 saturated heterocycles. The third-order valence-electron chi connectivity index (χ3n) is 2.75. The average Bonchev–Trinajstić information content (AvgIpc) is 2.31. The highest BCUT2D eigenvalue weighted by Crippen LogP contribution is 2.08. The first kappa shape index (κ1) is 13.9. The van der Waals surface area contributed by atoms with E-state index in [9.17, 15) is 9.18 Å². The van der Waals surface area contributed by atoms with Gasteiger partial charge < -0.3 is 10.6 Å². The van der Waals surface area contributed by atoms with Crippen LogP contribution in [-0.2, 0) is 0 Å². The van der Waals surface area contributed by atoms with Crippen molar-refractivity contribution in [1.29, 1.82) is 0 Å². The third-order valence-corrected chi connectivity index (χ3v) is 2.75. The molecule has 2 N–H and O–H groups in total. The Balaban J connectivity index is 0.00000144. The van der Waals surface area contributed by atoms with Crippen molar-refractivity contribution in [3.8, 4) is 0 Å². The molecule has 17 heavy (non-hydrogen) atoms. The highest BCUT2D eigenvalue weighted by Gasteiger charge is 2.17. The zero-order valence-corrected chi connectivity index (χ0v) is 10.2. The fraction of sp³-hybridized carbons (Fsp3) is 0.417. The highest BCUT2D eigenvalue weighted by molar-refractivity contribution is 5.94. The van der Waals surface area contributed by atoms with Gasteiger partial charge in [-0.1, -0.05) is 12.1 Å². The van der Waals surface area contributed by atoms with Crippen molar-refractivity contribution in [2.24, 2.45) is 0 Å². The van der Waals surface area contributed by atoms with Gasteiger partial charge in [0.15, 0.2) is 0 Å². The molecule has 1 amide bonds. The molecule has 1 atom stereocenters. The van der Waals surface area contributed by atoms with Gasteiger partial charge in [0, 0.05) is 12.6 Å². The van der Waals surface area contributed by atoms with Crippen LogP contribution in [0.5, 0.6) is 0 Å². The Morgan fingerprint density at radius 2 is 2.18 bits per heavy atom. The molecule has 1 aromatic carbocycles. The maximum absolute atomic E-state index is 13.3. The first-order chi connectivity index (χ1) is 7.77. The molecule has 0 bridgehead atoms. The number of rotatable bonds is 2. The summed E-state index contributed by atoms with van der Waals surface area (Å²) >= 11 is 0. The highest BCUT2D eigenvalue weighted by atomic mass is 35.5. The van der Waals surface area contributed by atoms with E-state index in [4.69, 9.17) is 0 Å². The predicted molar refractivity (Wildman–Crippen MR) is 67.0 cm³/mol. The van der Waals surface area contributed by atoms with Crippen molar-refractivity contribution in [1.82, 2.24) is 10.6 Å². The summed E-state index contributed by atoms with van der Waals surface area (Å²) in [6.07, 6.45) is 2.00. The maximum atomic E-state index is 13.3. The SMILES string of the molecule is Cl.O=C(N[C@H]1CCCNC1)c1ccccc1F. The lowest BCUT2D eigenvalue weighted by atomic mass is 10.1. The quantitative estimate of drug-likeness (QED) is 0.848. The fourth-order valence-electron chi connectivity index (χ4n) is 1.88. The van der Waals surface area contributed by atoms with Crippen LogP contribution in [0.2, 0.25) is 0 Å².